The number of piperazine rings is 1. The number of carbonyl (C=O) groups is 2. The van der Waals surface area contributed by atoms with E-state index in [1.165, 1.54) is 0 Å². The Morgan fingerprint density at radius 1 is 1.08 bits per heavy atom. The van der Waals surface area contributed by atoms with Crippen LogP contribution in [0.25, 0.3) is 10.9 Å². The van der Waals surface area contributed by atoms with Crippen molar-refractivity contribution in [2.75, 3.05) is 55.0 Å². The summed E-state index contributed by atoms with van der Waals surface area (Å²) in [5.41, 5.74) is 2.95. The van der Waals surface area contributed by atoms with E-state index in [0.29, 0.717) is 56.4 Å². The Balaban J connectivity index is 1.30. The second kappa shape index (κ2) is 9.45. The molecule has 37 heavy (non-hydrogen) atoms. The lowest BCUT2D eigenvalue weighted by Crippen LogP contribution is -2.50. The van der Waals surface area contributed by atoms with Crippen molar-refractivity contribution in [1.29, 1.82) is 0 Å². The van der Waals surface area contributed by atoms with Crippen LogP contribution in [0.1, 0.15) is 26.3 Å². The van der Waals surface area contributed by atoms with Crippen molar-refractivity contribution in [2.45, 2.75) is 32.8 Å². The third-order valence-corrected chi connectivity index (χ3v) is 6.55. The van der Waals surface area contributed by atoms with E-state index in [9.17, 15) is 9.59 Å². The summed E-state index contributed by atoms with van der Waals surface area (Å²) in [5, 5.41) is 8.31. The number of amides is 3. The normalized spacial score (nSPS) is 15.6. The minimum Gasteiger partial charge on any atom is -0.494 e. The molecule has 2 aliphatic heterocycles. The number of urea groups is 1. The number of fused-ring (bicyclic) bond motifs is 2. The molecular formula is C26H33N7O4. The Kier molecular flexibility index (Phi) is 6.30. The zero-order valence-corrected chi connectivity index (χ0v) is 21.9. The number of hydrogen-bond donors (Lipinski definition) is 1. The Labute approximate surface area is 215 Å². The fourth-order valence-corrected chi connectivity index (χ4v) is 4.85. The lowest BCUT2D eigenvalue weighted by Gasteiger charge is -2.37. The molecule has 0 atom stereocenters. The van der Waals surface area contributed by atoms with E-state index in [1.807, 2.05) is 52.2 Å². The van der Waals surface area contributed by atoms with Crippen LogP contribution in [0, 0.1) is 0 Å². The number of ether oxygens (including phenoxy) is 2. The molecule has 11 nitrogen and oxygen atoms in total. The van der Waals surface area contributed by atoms with Gasteiger partial charge in [-0.1, -0.05) is 0 Å². The van der Waals surface area contributed by atoms with Gasteiger partial charge in [0.2, 0.25) is 0 Å². The average molecular weight is 508 g/mol. The predicted molar refractivity (Wildman–Crippen MR) is 142 cm³/mol. The maximum Gasteiger partial charge on any atom is 0.410 e. The van der Waals surface area contributed by atoms with Gasteiger partial charge in [0.25, 0.3) is 0 Å². The number of hydrogen-bond acceptors (Lipinski definition) is 7. The third kappa shape index (κ3) is 4.98. The predicted octanol–water partition coefficient (Wildman–Crippen LogP) is 3.63. The molecule has 3 aromatic rings. The van der Waals surface area contributed by atoms with E-state index in [0.717, 1.165) is 22.2 Å². The number of carbonyl (C=O) groups excluding carboxylic acids is 2. The molecule has 1 fully saturated rings. The number of aryl methyl sites for hydroxylation is 1. The molecule has 1 N–H and O–H groups in total. The maximum absolute atomic E-state index is 13.3. The van der Waals surface area contributed by atoms with Gasteiger partial charge < -0.3 is 24.6 Å². The molecule has 2 aliphatic rings. The van der Waals surface area contributed by atoms with Crippen LogP contribution < -0.4 is 19.9 Å². The van der Waals surface area contributed by atoms with Crippen molar-refractivity contribution in [3.05, 3.63) is 36.2 Å². The highest BCUT2D eigenvalue weighted by molar-refractivity contribution is 6.05. The van der Waals surface area contributed by atoms with Crippen molar-refractivity contribution in [3.8, 4) is 5.75 Å². The molecule has 2 aromatic heterocycles. The lowest BCUT2D eigenvalue weighted by molar-refractivity contribution is 0.0240. The first-order chi connectivity index (χ1) is 17.6. The zero-order valence-electron chi connectivity index (χ0n) is 21.9. The lowest BCUT2D eigenvalue weighted by atomic mass is 10.1. The van der Waals surface area contributed by atoms with Crippen LogP contribution in [0.5, 0.6) is 5.75 Å². The second-order valence-electron chi connectivity index (χ2n) is 10.3. The molecule has 11 heteroatoms. The van der Waals surface area contributed by atoms with Gasteiger partial charge in [-0.15, -0.1) is 0 Å². The summed E-state index contributed by atoms with van der Waals surface area (Å²) < 4.78 is 12.7. The molecule has 196 valence electrons. The molecule has 1 saturated heterocycles. The molecule has 5 rings (SSSR count). The van der Waals surface area contributed by atoms with Gasteiger partial charge >= 0.3 is 12.1 Å². The Bertz CT molecular complexity index is 1340. The van der Waals surface area contributed by atoms with Gasteiger partial charge in [0.1, 0.15) is 17.2 Å². The molecule has 0 unspecified atom stereocenters. The summed E-state index contributed by atoms with van der Waals surface area (Å²) in [6.45, 7) is 8.67. The highest BCUT2D eigenvalue weighted by atomic mass is 16.6. The summed E-state index contributed by atoms with van der Waals surface area (Å²) in [4.78, 5) is 36.0. The van der Waals surface area contributed by atoms with E-state index >= 15 is 0 Å². The molecular weight excluding hydrogens is 474 g/mol. The largest absolute Gasteiger partial charge is 0.494 e. The quantitative estimate of drug-likeness (QED) is 0.577. The summed E-state index contributed by atoms with van der Waals surface area (Å²) in [5.74, 6) is 1.20. The Morgan fingerprint density at radius 2 is 1.84 bits per heavy atom. The fourth-order valence-electron chi connectivity index (χ4n) is 4.85. The van der Waals surface area contributed by atoms with Crippen molar-refractivity contribution >= 4 is 40.2 Å². The summed E-state index contributed by atoms with van der Waals surface area (Å²) >= 11 is 0. The molecule has 0 radical (unpaired) electrons. The van der Waals surface area contributed by atoms with Crippen LogP contribution in [-0.4, -0.2) is 77.2 Å². The van der Waals surface area contributed by atoms with Crippen LogP contribution in [0.2, 0.25) is 0 Å². The zero-order chi connectivity index (χ0) is 26.3. The number of benzene rings is 1. The number of anilines is 3. The van der Waals surface area contributed by atoms with Crippen molar-refractivity contribution < 1.29 is 19.1 Å². The minimum atomic E-state index is -0.516. The van der Waals surface area contributed by atoms with E-state index in [-0.39, 0.29) is 12.1 Å². The SMILES string of the molecule is COc1cc2nn(C)cc2cc1NC(=O)N1CCc2c(N3CCN(C(=O)OC(C)(C)C)CC3)ccnc21. The first kappa shape index (κ1) is 24.7. The van der Waals surface area contributed by atoms with E-state index in [4.69, 9.17) is 9.47 Å². The van der Waals surface area contributed by atoms with Gasteiger partial charge in [0.05, 0.1) is 18.3 Å². The first-order valence-corrected chi connectivity index (χ1v) is 12.4. The number of aromatic nitrogens is 3. The molecule has 3 amide bonds. The van der Waals surface area contributed by atoms with Crippen LogP contribution in [-0.2, 0) is 18.2 Å². The molecule has 0 saturated carbocycles. The molecule has 0 aliphatic carbocycles. The average Bonchev–Trinajstić information content (AvgIpc) is 3.44. The topological polar surface area (TPSA) is 105 Å². The van der Waals surface area contributed by atoms with Crippen LogP contribution in [0.15, 0.2) is 30.6 Å². The standard InChI is InChI=1S/C26H33N7O4/c1-26(2,3)37-25(35)32-12-10-31(11-13-32)21-6-8-27-23-18(21)7-9-33(23)24(34)28-20-14-17-16-30(4)29-19(17)15-22(20)36-5/h6,8,14-16H,7,9-13H2,1-5H3,(H,28,34). The smallest absolute Gasteiger partial charge is 0.410 e. The molecule has 0 bridgehead atoms. The Hall–Kier alpha value is -4.02. The van der Waals surface area contributed by atoms with Crippen molar-refractivity contribution in [1.82, 2.24) is 19.7 Å². The number of nitrogens with zero attached hydrogens (tertiary/aromatic N) is 6. The summed E-state index contributed by atoms with van der Waals surface area (Å²) in [6, 6.07) is 5.41. The summed E-state index contributed by atoms with van der Waals surface area (Å²) in [7, 11) is 3.42. The fraction of sp³-hybridized carbons (Fsp3) is 0.462. The maximum atomic E-state index is 13.3. The van der Waals surface area contributed by atoms with Gasteiger partial charge in [-0.05, 0) is 39.3 Å². The van der Waals surface area contributed by atoms with E-state index < -0.39 is 5.60 Å². The van der Waals surface area contributed by atoms with Gasteiger partial charge in [-0.2, -0.15) is 5.10 Å². The Morgan fingerprint density at radius 3 is 2.54 bits per heavy atom. The van der Waals surface area contributed by atoms with Crippen LogP contribution in [0.3, 0.4) is 0 Å². The highest BCUT2D eigenvalue weighted by Gasteiger charge is 2.32. The third-order valence-electron chi connectivity index (χ3n) is 6.55. The molecule has 1 aromatic carbocycles. The summed E-state index contributed by atoms with van der Waals surface area (Å²) in [6.07, 6.45) is 4.06. The number of pyridine rings is 1. The first-order valence-electron chi connectivity index (χ1n) is 12.4. The van der Waals surface area contributed by atoms with Gasteiger partial charge in [0, 0.05) is 74.9 Å². The molecule has 0 spiro atoms. The minimum absolute atomic E-state index is 0.264. The van der Waals surface area contributed by atoms with Gasteiger partial charge in [0.15, 0.2) is 0 Å². The van der Waals surface area contributed by atoms with Gasteiger partial charge in [-0.25, -0.2) is 14.6 Å². The van der Waals surface area contributed by atoms with Crippen LogP contribution in [0.4, 0.5) is 26.8 Å². The monoisotopic (exact) mass is 507 g/mol. The van der Waals surface area contributed by atoms with E-state index in [1.54, 1.807) is 27.8 Å². The molecule has 4 heterocycles. The second-order valence-corrected chi connectivity index (χ2v) is 10.3. The van der Waals surface area contributed by atoms with Crippen LogP contribution >= 0.6 is 0 Å². The van der Waals surface area contributed by atoms with Crippen molar-refractivity contribution in [2.24, 2.45) is 7.05 Å². The van der Waals surface area contributed by atoms with E-state index in [2.05, 4.69) is 20.3 Å². The number of methoxy groups -OCH3 is 1. The van der Waals surface area contributed by atoms with Crippen molar-refractivity contribution in [3.63, 3.8) is 0 Å². The van der Waals surface area contributed by atoms with Gasteiger partial charge in [-0.3, -0.25) is 9.58 Å². The number of nitrogens with one attached hydrogen (secondary N) is 1. The number of rotatable bonds is 3. The highest BCUT2D eigenvalue weighted by Crippen LogP contribution is 2.36.